The third-order valence-corrected chi connectivity index (χ3v) is 2.12. The van der Waals surface area contributed by atoms with E-state index < -0.39 is 17.8 Å². The number of halogens is 1. The molecule has 0 spiro atoms. The fourth-order valence-electron chi connectivity index (χ4n) is 1.33. The monoisotopic (exact) mass is 252 g/mol. The molecular formula is C13H13FO4. The van der Waals surface area contributed by atoms with Gasteiger partial charge in [0.1, 0.15) is 5.82 Å². The van der Waals surface area contributed by atoms with E-state index in [0.29, 0.717) is 5.56 Å². The molecule has 1 rings (SSSR count). The number of ether oxygens (including phenoxy) is 1. The van der Waals surface area contributed by atoms with Crippen LogP contribution in [0.25, 0.3) is 6.08 Å². The lowest BCUT2D eigenvalue weighted by Crippen LogP contribution is -2.02. The lowest BCUT2D eigenvalue weighted by molar-refractivity contribution is -0.137. The van der Waals surface area contributed by atoms with E-state index in [1.54, 1.807) is 6.92 Å². The number of carbonyl (C=O) groups is 2. The first kappa shape index (κ1) is 13.9. The van der Waals surface area contributed by atoms with E-state index in [1.165, 1.54) is 30.4 Å². The van der Waals surface area contributed by atoms with E-state index in [2.05, 4.69) is 4.74 Å². The number of esters is 1. The zero-order chi connectivity index (χ0) is 13.5. The molecule has 0 aliphatic rings. The summed E-state index contributed by atoms with van der Waals surface area (Å²) < 4.78 is 18.1. The summed E-state index contributed by atoms with van der Waals surface area (Å²) >= 11 is 0. The molecule has 1 aromatic rings. The Labute approximate surface area is 104 Å². The van der Waals surface area contributed by atoms with E-state index in [4.69, 9.17) is 5.11 Å². The Bertz CT molecular complexity index is 480. The van der Waals surface area contributed by atoms with Crippen LogP contribution < -0.4 is 0 Å². The highest BCUT2D eigenvalue weighted by molar-refractivity contribution is 5.87. The van der Waals surface area contributed by atoms with E-state index in [9.17, 15) is 14.0 Å². The number of hydrogen-bond acceptors (Lipinski definition) is 3. The van der Waals surface area contributed by atoms with Crippen LogP contribution >= 0.6 is 0 Å². The van der Waals surface area contributed by atoms with Crippen LogP contribution in [0.2, 0.25) is 0 Å². The Morgan fingerprint density at radius 1 is 1.44 bits per heavy atom. The van der Waals surface area contributed by atoms with Crippen molar-refractivity contribution in [3.05, 3.63) is 41.2 Å². The van der Waals surface area contributed by atoms with Crippen LogP contribution in [0.1, 0.15) is 18.1 Å². The molecule has 18 heavy (non-hydrogen) atoms. The SMILES string of the molecule is CCOC(=O)C=Cc1ccc(CC(=O)O)c(F)c1. The predicted molar refractivity (Wildman–Crippen MR) is 63.4 cm³/mol. The Hall–Kier alpha value is -2.17. The van der Waals surface area contributed by atoms with Gasteiger partial charge in [0, 0.05) is 6.08 Å². The third kappa shape index (κ3) is 4.37. The molecule has 4 nitrogen and oxygen atoms in total. The maximum Gasteiger partial charge on any atom is 0.330 e. The molecule has 0 aromatic heterocycles. The Morgan fingerprint density at radius 2 is 2.17 bits per heavy atom. The molecule has 0 saturated heterocycles. The fourth-order valence-corrected chi connectivity index (χ4v) is 1.33. The average molecular weight is 252 g/mol. The van der Waals surface area contributed by atoms with E-state index >= 15 is 0 Å². The van der Waals surface area contributed by atoms with Crippen molar-refractivity contribution < 1.29 is 23.8 Å². The summed E-state index contributed by atoms with van der Waals surface area (Å²) in [6.07, 6.45) is 2.23. The lowest BCUT2D eigenvalue weighted by atomic mass is 10.1. The average Bonchev–Trinajstić information content (AvgIpc) is 2.29. The quantitative estimate of drug-likeness (QED) is 0.643. The molecule has 0 amide bonds. The summed E-state index contributed by atoms with van der Waals surface area (Å²) in [5.74, 6) is -2.21. The molecule has 0 heterocycles. The van der Waals surface area contributed by atoms with Crippen molar-refractivity contribution in [2.24, 2.45) is 0 Å². The van der Waals surface area contributed by atoms with Gasteiger partial charge in [0.15, 0.2) is 0 Å². The molecule has 0 aliphatic carbocycles. The van der Waals surface area contributed by atoms with Gasteiger partial charge < -0.3 is 9.84 Å². The molecule has 0 aliphatic heterocycles. The van der Waals surface area contributed by atoms with Gasteiger partial charge in [0.25, 0.3) is 0 Å². The maximum absolute atomic E-state index is 13.5. The van der Waals surface area contributed by atoms with Crippen LogP contribution in [0.4, 0.5) is 4.39 Å². The number of aliphatic carboxylic acids is 1. The number of carboxylic acids is 1. The highest BCUT2D eigenvalue weighted by Crippen LogP contribution is 2.12. The van der Waals surface area contributed by atoms with E-state index in [1.807, 2.05) is 0 Å². The molecular weight excluding hydrogens is 239 g/mol. The molecule has 0 bridgehead atoms. The first-order valence-electron chi connectivity index (χ1n) is 5.38. The van der Waals surface area contributed by atoms with Crippen LogP contribution in [-0.2, 0) is 20.7 Å². The molecule has 5 heteroatoms. The second-order valence-electron chi connectivity index (χ2n) is 3.51. The van der Waals surface area contributed by atoms with Crippen molar-refractivity contribution in [3.63, 3.8) is 0 Å². The fraction of sp³-hybridized carbons (Fsp3) is 0.231. The first-order valence-corrected chi connectivity index (χ1v) is 5.38. The molecule has 1 aromatic carbocycles. The molecule has 0 fully saturated rings. The van der Waals surface area contributed by atoms with Crippen molar-refractivity contribution in [2.75, 3.05) is 6.61 Å². The highest BCUT2D eigenvalue weighted by Gasteiger charge is 2.06. The van der Waals surface area contributed by atoms with Crippen molar-refractivity contribution in [2.45, 2.75) is 13.3 Å². The Morgan fingerprint density at radius 3 is 2.72 bits per heavy atom. The molecule has 96 valence electrons. The molecule has 0 radical (unpaired) electrons. The van der Waals surface area contributed by atoms with Crippen LogP contribution in [0.5, 0.6) is 0 Å². The summed E-state index contributed by atoms with van der Waals surface area (Å²) in [4.78, 5) is 21.5. The van der Waals surface area contributed by atoms with Gasteiger partial charge in [-0.05, 0) is 30.2 Å². The van der Waals surface area contributed by atoms with Gasteiger partial charge in [0.05, 0.1) is 13.0 Å². The second kappa shape index (κ2) is 6.54. The van der Waals surface area contributed by atoms with Crippen LogP contribution in [0.15, 0.2) is 24.3 Å². The lowest BCUT2D eigenvalue weighted by Gasteiger charge is -2.01. The first-order chi connectivity index (χ1) is 8.52. The van der Waals surface area contributed by atoms with Gasteiger partial charge in [-0.2, -0.15) is 0 Å². The van der Waals surface area contributed by atoms with Gasteiger partial charge in [-0.1, -0.05) is 12.1 Å². The normalized spacial score (nSPS) is 10.6. The van der Waals surface area contributed by atoms with Gasteiger partial charge in [-0.3, -0.25) is 4.79 Å². The standard InChI is InChI=1S/C13H13FO4/c1-2-18-13(17)6-4-9-3-5-10(8-12(15)16)11(14)7-9/h3-7H,2,8H2,1H3,(H,15,16). The van der Waals surface area contributed by atoms with Crippen LogP contribution in [0.3, 0.4) is 0 Å². The zero-order valence-electron chi connectivity index (χ0n) is 9.85. The highest BCUT2D eigenvalue weighted by atomic mass is 19.1. The van der Waals surface area contributed by atoms with Crippen molar-refractivity contribution in [1.82, 2.24) is 0 Å². The van der Waals surface area contributed by atoms with Gasteiger partial charge in [-0.15, -0.1) is 0 Å². The number of hydrogen-bond donors (Lipinski definition) is 1. The smallest absolute Gasteiger partial charge is 0.330 e. The zero-order valence-corrected chi connectivity index (χ0v) is 9.85. The Kier molecular flexibility index (Phi) is 5.05. The second-order valence-corrected chi connectivity index (χ2v) is 3.51. The maximum atomic E-state index is 13.5. The minimum Gasteiger partial charge on any atom is -0.481 e. The van der Waals surface area contributed by atoms with E-state index in [0.717, 1.165) is 0 Å². The van der Waals surface area contributed by atoms with Gasteiger partial charge >= 0.3 is 11.9 Å². The van der Waals surface area contributed by atoms with Gasteiger partial charge in [-0.25, -0.2) is 9.18 Å². The summed E-state index contributed by atoms with van der Waals surface area (Å²) in [6.45, 7) is 1.96. The molecule has 0 saturated carbocycles. The number of benzene rings is 1. The number of carbonyl (C=O) groups excluding carboxylic acids is 1. The van der Waals surface area contributed by atoms with Crippen molar-refractivity contribution >= 4 is 18.0 Å². The molecule has 0 unspecified atom stereocenters. The van der Waals surface area contributed by atoms with Gasteiger partial charge in [0.2, 0.25) is 0 Å². The van der Waals surface area contributed by atoms with Crippen LogP contribution in [-0.4, -0.2) is 23.7 Å². The third-order valence-electron chi connectivity index (χ3n) is 2.12. The summed E-state index contributed by atoms with van der Waals surface area (Å²) in [7, 11) is 0. The topological polar surface area (TPSA) is 63.6 Å². The summed E-state index contributed by atoms with van der Waals surface area (Å²) in [5.41, 5.74) is 0.575. The predicted octanol–water partition coefficient (Wildman–Crippen LogP) is 2.03. The molecule has 0 atom stereocenters. The molecule has 1 N–H and O–H groups in total. The minimum atomic E-state index is -1.09. The van der Waals surface area contributed by atoms with Crippen LogP contribution in [0, 0.1) is 5.82 Å². The van der Waals surface area contributed by atoms with E-state index in [-0.39, 0.29) is 18.6 Å². The number of rotatable bonds is 5. The minimum absolute atomic E-state index is 0.107. The Balaban J connectivity index is 2.78. The largest absolute Gasteiger partial charge is 0.481 e. The van der Waals surface area contributed by atoms with Crippen molar-refractivity contribution in [3.8, 4) is 0 Å². The summed E-state index contributed by atoms with van der Waals surface area (Å²) in [6, 6.07) is 4.10. The number of carboxylic acid groups (broad SMARTS) is 1. The van der Waals surface area contributed by atoms with Crippen molar-refractivity contribution in [1.29, 1.82) is 0 Å². The summed E-state index contributed by atoms with van der Waals surface area (Å²) in [5, 5.41) is 8.55.